The van der Waals surface area contributed by atoms with Crippen LogP contribution in [0.25, 0.3) is 0 Å². The molecule has 1 aromatic heterocycles. The van der Waals surface area contributed by atoms with Crippen molar-refractivity contribution >= 4 is 34.8 Å². The van der Waals surface area contributed by atoms with Gasteiger partial charge in [-0.1, -0.05) is 41.7 Å². The van der Waals surface area contributed by atoms with Gasteiger partial charge in [-0.2, -0.15) is 0 Å². The Bertz CT molecular complexity index is 582. The van der Waals surface area contributed by atoms with Crippen LogP contribution in [0, 0.1) is 0 Å². The molecule has 0 aliphatic carbocycles. The molecule has 0 spiro atoms. The molecule has 2 aromatic rings. The summed E-state index contributed by atoms with van der Waals surface area (Å²) in [5.74, 6) is 0. The fraction of sp³-hybridized carbons (Fsp3) is 0.312. The third-order valence-corrected chi connectivity index (χ3v) is 3.99. The second kappa shape index (κ2) is 8.00. The van der Waals surface area contributed by atoms with Crippen LogP contribution < -0.4 is 5.32 Å². The number of nitrogens with one attached hydrogen (secondary N) is 1. The molecule has 2 rings (SSSR count). The molecule has 21 heavy (non-hydrogen) atoms. The highest BCUT2D eigenvalue weighted by Gasteiger charge is 2.14. The summed E-state index contributed by atoms with van der Waals surface area (Å²) < 4.78 is 0. The summed E-state index contributed by atoms with van der Waals surface area (Å²) in [4.78, 5) is 4.02. The number of hydrogen-bond donors (Lipinski definition) is 1. The molecule has 0 saturated carbocycles. The van der Waals surface area contributed by atoms with Gasteiger partial charge in [0.15, 0.2) is 0 Å². The van der Waals surface area contributed by atoms with Gasteiger partial charge in [0.25, 0.3) is 0 Å². The number of benzene rings is 1. The molecule has 1 N–H and O–H groups in total. The minimum Gasteiger partial charge on any atom is -0.310 e. The van der Waals surface area contributed by atoms with Crippen LogP contribution in [0.15, 0.2) is 36.7 Å². The van der Waals surface area contributed by atoms with E-state index in [2.05, 4.69) is 17.2 Å². The van der Waals surface area contributed by atoms with Crippen LogP contribution >= 0.6 is 34.8 Å². The van der Waals surface area contributed by atoms with Crippen molar-refractivity contribution in [3.05, 3.63) is 62.9 Å². The van der Waals surface area contributed by atoms with E-state index in [1.807, 2.05) is 18.2 Å². The molecule has 0 fully saturated rings. The van der Waals surface area contributed by atoms with Gasteiger partial charge in [-0.25, -0.2) is 0 Å². The normalized spacial score (nSPS) is 12.4. The number of halogens is 3. The quantitative estimate of drug-likeness (QED) is 0.767. The van der Waals surface area contributed by atoms with Gasteiger partial charge in [-0.05, 0) is 54.8 Å². The van der Waals surface area contributed by atoms with Gasteiger partial charge in [-0.3, -0.25) is 4.98 Å². The summed E-state index contributed by atoms with van der Waals surface area (Å²) in [6.45, 7) is 3.05. The number of rotatable bonds is 6. The molecule has 1 unspecified atom stereocenters. The Kier molecular flexibility index (Phi) is 6.31. The van der Waals surface area contributed by atoms with E-state index in [-0.39, 0.29) is 6.04 Å². The highest BCUT2D eigenvalue weighted by molar-refractivity contribution is 6.34. The van der Waals surface area contributed by atoms with E-state index >= 15 is 0 Å². The molecule has 0 amide bonds. The Morgan fingerprint density at radius 2 is 1.86 bits per heavy atom. The predicted octanol–water partition coefficient (Wildman–Crippen LogP) is 5.33. The van der Waals surface area contributed by atoms with Gasteiger partial charge in [0, 0.05) is 28.5 Å². The Labute approximate surface area is 140 Å². The summed E-state index contributed by atoms with van der Waals surface area (Å²) in [7, 11) is 0. The monoisotopic (exact) mass is 342 g/mol. The van der Waals surface area contributed by atoms with Crippen LogP contribution in [-0.4, -0.2) is 11.5 Å². The molecule has 5 heteroatoms. The summed E-state index contributed by atoms with van der Waals surface area (Å²) in [5, 5.41) is 5.48. The average molecular weight is 344 g/mol. The maximum atomic E-state index is 6.21. The first kappa shape index (κ1) is 16.6. The lowest BCUT2D eigenvalue weighted by Crippen LogP contribution is -2.24. The van der Waals surface area contributed by atoms with Gasteiger partial charge in [-0.15, -0.1) is 0 Å². The van der Waals surface area contributed by atoms with Crippen LogP contribution in [0.3, 0.4) is 0 Å². The highest BCUT2D eigenvalue weighted by atomic mass is 35.5. The van der Waals surface area contributed by atoms with Crippen molar-refractivity contribution in [1.82, 2.24) is 10.3 Å². The van der Waals surface area contributed by atoms with E-state index in [1.54, 1.807) is 18.5 Å². The molecule has 0 aliphatic heterocycles. The van der Waals surface area contributed by atoms with E-state index in [1.165, 1.54) is 0 Å². The van der Waals surface area contributed by atoms with E-state index < -0.39 is 0 Å². The van der Waals surface area contributed by atoms with Crippen LogP contribution in [0.5, 0.6) is 0 Å². The molecule has 1 atom stereocenters. The molecular weight excluding hydrogens is 327 g/mol. The van der Waals surface area contributed by atoms with Crippen molar-refractivity contribution in [1.29, 1.82) is 0 Å². The minimum absolute atomic E-state index is 0.112. The fourth-order valence-corrected chi connectivity index (χ4v) is 2.93. The molecule has 0 radical (unpaired) electrons. The number of pyridine rings is 1. The van der Waals surface area contributed by atoms with Crippen molar-refractivity contribution in [2.24, 2.45) is 0 Å². The SMILES string of the molecule is CCCNC(Cc1ccncc1Cl)c1cc(Cl)cc(Cl)c1. The zero-order valence-corrected chi connectivity index (χ0v) is 14.0. The zero-order chi connectivity index (χ0) is 15.2. The maximum absolute atomic E-state index is 6.21. The van der Waals surface area contributed by atoms with Gasteiger partial charge >= 0.3 is 0 Å². The molecular formula is C16H17Cl3N2. The van der Waals surface area contributed by atoms with E-state index in [9.17, 15) is 0 Å². The second-order valence-electron chi connectivity index (χ2n) is 4.88. The summed E-state index contributed by atoms with van der Waals surface area (Å²) in [6, 6.07) is 7.67. The molecule has 0 bridgehead atoms. The van der Waals surface area contributed by atoms with Gasteiger partial charge < -0.3 is 5.32 Å². The first-order chi connectivity index (χ1) is 10.1. The van der Waals surface area contributed by atoms with Crippen molar-refractivity contribution < 1.29 is 0 Å². The van der Waals surface area contributed by atoms with Crippen LogP contribution in [0.4, 0.5) is 0 Å². The summed E-state index contributed by atoms with van der Waals surface area (Å²) >= 11 is 18.4. The largest absolute Gasteiger partial charge is 0.310 e. The topological polar surface area (TPSA) is 24.9 Å². The number of hydrogen-bond acceptors (Lipinski definition) is 2. The minimum atomic E-state index is 0.112. The van der Waals surface area contributed by atoms with Gasteiger partial charge in [0.2, 0.25) is 0 Å². The van der Waals surface area contributed by atoms with Crippen molar-refractivity contribution in [2.75, 3.05) is 6.54 Å². The lowest BCUT2D eigenvalue weighted by molar-refractivity contribution is 0.529. The lowest BCUT2D eigenvalue weighted by Gasteiger charge is -2.20. The fourth-order valence-electron chi connectivity index (χ4n) is 2.19. The lowest BCUT2D eigenvalue weighted by atomic mass is 9.99. The first-order valence-electron chi connectivity index (χ1n) is 6.88. The third-order valence-electron chi connectivity index (χ3n) is 3.21. The molecule has 112 valence electrons. The number of aromatic nitrogens is 1. The molecule has 1 heterocycles. The summed E-state index contributed by atoms with van der Waals surface area (Å²) in [5.41, 5.74) is 2.12. The standard InChI is InChI=1S/C16H17Cl3N2/c1-2-4-21-16(8-11-3-5-20-10-15(11)19)12-6-13(17)9-14(18)7-12/h3,5-7,9-10,16,21H,2,4,8H2,1H3. The second-order valence-corrected chi connectivity index (χ2v) is 6.16. The van der Waals surface area contributed by atoms with Crippen LogP contribution in [0.2, 0.25) is 15.1 Å². The Morgan fingerprint density at radius 3 is 2.48 bits per heavy atom. The molecule has 0 aliphatic rings. The molecule has 1 aromatic carbocycles. The molecule has 0 saturated heterocycles. The van der Waals surface area contributed by atoms with Crippen molar-refractivity contribution in [3.8, 4) is 0 Å². The Balaban J connectivity index is 2.27. The van der Waals surface area contributed by atoms with Crippen molar-refractivity contribution in [2.45, 2.75) is 25.8 Å². The van der Waals surface area contributed by atoms with Crippen molar-refractivity contribution in [3.63, 3.8) is 0 Å². The predicted molar refractivity (Wildman–Crippen MR) is 90.4 cm³/mol. The summed E-state index contributed by atoms with van der Waals surface area (Å²) in [6.07, 6.45) is 5.23. The third kappa shape index (κ3) is 4.86. The van der Waals surface area contributed by atoms with E-state index in [4.69, 9.17) is 34.8 Å². The average Bonchev–Trinajstić information content (AvgIpc) is 2.44. The van der Waals surface area contributed by atoms with Gasteiger partial charge in [0.05, 0.1) is 5.02 Å². The highest BCUT2D eigenvalue weighted by Crippen LogP contribution is 2.27. The Hall–Kier alpha value is -0.800. The number of nitrogens with zero attached hydrogens (tertiary/aromatic N) is 1. The van der Waals surface area contributed by atoms with Gasteiger partial charge in [0.1, 0.15) is 0 Å². The Morgan fingerprint density at radius 1 is 1.14 bits per heavy atom. The maximum Gasteiger partial charge on any atom is 0.0622 e. The zero-order valence-electron chi connectivity index (χ0n) is 11.7. The molecule has 2 nitrogen and oxygen atoms in total. The van der Waals surface area contributed by atoms with Crippen LogP contribution in [0.1, 0.15) is 30.5 Å². The van der Waals surface area contributed by atoms with E-state index in [0.717, 1.165) is 30.5 Å². The van der Waals surface area contributed by atoms with Crippen LogP contribution in [-0.2, 0) is 6.42 Å². The van der Waals surface area contributed by atoms with E-state index in [0.29, 0.717) is 15.1 Å². The smallest absolute Gasteiger partial charge is 0.0622 e. The first-order valence-corrected chi connectivity index (χ1v) is 8.01.